The molecule has 2 aromatic rings. The van der Waals surface area contributed by atoms with Crippen LogP contribution in [0.5, 0.6) is 0 Å². The molecule has 3 rings (SSSR count). The smallest absolute Gasteiger partial charge is 0.478 e. The summed E-state index contributed by atoms with van der Waals surface area (Å²) in [5, 5.41) is 35.2. The van der Waals surface area contributed by atoms with E-state index in [0.717, 1.165) is 54.4 Å². The minimum Gasteiger partial charge on any atom is -0.478 e. The molecule has 1 aliphatic heterocycles. The van der Waals surface area contributed by atoms with Crippen LogP contribution in [0.1, 0.15) is 137 Å². The third-order valence-electron chi connectivity index (χ3n) is 10.9. The van der Waals surface area contributed by atoms with Crippen molar-refractivity contribution in [1.82, 2.24) is 30.2 Å². The van der Waals surface area contributed by atoms with Crippen molar-refractivity contribution in [2.24, 2.45) is 5.41 Å². The molecule has 0 aromatic carbocycles. The number of nitrogens with two attached hydrogens (primary N) is 1. The van der Waals surface area contributed by atoms with E-state index in [9.17, 15) is 57.9 Å². The van der Waals surface area contributed by atoms with Gasteiger partial charge in [-0.2, -0.15) is 16.1 Å². The highest BCUT2D eigenvalue weighted by Gasteiger charge is 2.50. The number of aliphatic hydroxyl groups is 2. The monoisotopic (exact) mass is 1090 g/mol. The summed E-state index contributed by atoms with van der Waals surface area (Å²) in [5.41, 5.74) is 4.68. The number of nitrogens with one attached hydrogen (secondary N) is 2. The second-order valence-electron chi connectivity index (χ2n) is 17.6. The number of aromatic nitrogens is 4. The number of phosphoric acid groups is 3. The van der Waals surface area contributed by atoms with Gasteiger partial charge in [-0.3, -0.25) is 27.7 Å². The van der Waals surface area contributed by atoms with Crippen molar-refractivity contribution in [3.63, 3.8) is 0 Å². The lowest BCUT2D eigenvalue weighted by Crippen LogP contribution is -2.46. The van der Waals surface area contributed by atoms with E-state index in [1.807, 2.05) is 0 Å². The number of amides is 2. The zero-order valence-electron chi connectivity index (χ0n) is 41.0. The van der Waals surface area contributed by atoms with Crippen LogP contribution in [0.15, 0.2) is 24.8 Å². The number of carboxylic acid groups (broad SMARTS) is 1. The molecule has 408 valence electrons. The molecule has 0 saturated carbocycles. The lowest BCUT2D eigenvalue weighted by molar-refractivity contribution is -0.137. The van der Waals surface area contributed by atoms with Gasteiger partial charge in [-0.05, 0) is 25.0 Å². The van der Waals surface area contributed by atoms with Crippen molar-refractivity contribution >= 4 is 70.0 Å². The van der Waals surface area contributed by atoms with Crippen LogP contribution in [-0.4, -0.2) is 134 Å². The molecular formula is C42H76N7O18P3S. The minimum atomic E-state index is -5.54. The first-order valence-electron chi connectivity index (χ1n) is 23.7. The van der Waals surface area contributed by atoms with Gasteiger partial charge in [-0.25, -0.2) is 33.4 Å². The number of unbranched alkanes of at least 4 members (excludes halogenated alkanes) is 12. The van der Waals surface area contributed by atoms with Gasteiger partial charge in [-0.1, -0.05) is 111 Å². The van der Waals surface area contributed by atoms with Gasteiger partial charge in [0.1, 0.15) is 36.3 Å². The number of fused-ring (bicyclic) bond motifs is 1. The van der Waals surface area contributed by atoms with Gasteiger partial charge in [-0.15, -0.1) is 0 Å². The second kappa shape index (κ2) is 32.4. The number of aliphatic carboxylic acids is 1. The van der Waals surface area contributed by atoms with Gasteiger partial charge >= 0.3 is 29.4 Å². The van der Waals surface area contributed by atoms with E-state index in [0.29, 0.717) is 18.5 Å². The van der Waals surface area contributed by atoms with Crippen molar-refractivity contribution in [1.29, 1.82) is 0 Å². The highest BCUT2D eigenvalue weighted by atomic mass is 32.2. The maximum Gasteiger partial charge on any atom is 0.481 e. The number of nitrogens with zero attached hydrogens (tertiary/aromatic N) is 4. The largest absolute Gasteiger partial charge is 0.481 e. The fraction of sp³-hybridized carbons (Fsp3) is 0.762. The Morgan fingerprint density at radius 2 is 1.45 bits per heavy atom. The van der Waals surface area contributed by atoms with Crippen LogP contribution < -0.4 is 16.4 Å². The standard InChI is InChI=1S/C27H48N7O16P3S.C15H28O2/c1-4-5-6-7-11-54-12-10-29-18(35)8-9-30-25(38)22(37)27(2,3)14-47-53(44,45)50-52(42,43)46-13-17-21(49-51(39,40)41)20(36)26(48-17)34-16-33-19-23(28)31-15-32-24(19)34;1-3-4-5-6-7-8-9-10-11-12-13-14(2)15(16)17/h15-17,20-22,26,36-37H,4-14H2,1-3H3,(H,29,35)(H,30,38)(H,42,43)(H,44,45)(H2,28,31,32)(H2,39,40,41);2-13H2,1H3,(H,16,17)/t17-,20-,21-,22+,26-;/m1./s1. The van der Waals surface area contributed by atoms with Crippen molar-refractivity contribution in [2.75, 3.05) is 43.5 Å². The number of rotatable bonds is 36. The molecule has 25 nitrogen and oxygen atoms in total. The molecule has 1 saturated heterocycles. The quantitative estimate of drug-likeness (QED) is 0.0224. The summed E-state index contributed by atoms with van der Waals surface area (Å²) in [6.07, 6.45) is 11.4. The number of carbonyl (C=O) groups is 3. The summed E-state index contributed by atoms with van der Waals surface area (Å²) in [5.74, 6) is -0.348. The van der Waals surface area contributed by atoms with Crippen LogP contribution in [0.25, 0.3) is 11.2 Å². The Morgan fingerprint density at radius 3 is 2.06 bits per heavy atom. The van der Waals surface area contributed by atoms with Crippen molar-refractivity contribution < 1.29 is 85.6 Å². The van der Waals surface area contributed by atoms with Crippen molar-refractivity contribution in [3.05, 3.63) is 24.8 Å². The highest BCUT2D eigenvalue weighted by molar-refractivity contribution is 7.99. The van der Waals surface area contributed by atoms with Crippen LogP contribution in [0.4, 0.5) is 5.82 Å². The molecule has 71 heavy (non-hydrogen) atoms. The third-order valence-corrected chi connectivity index (χ3v) is 15.1. The highest BCUT2D eigenvalue weighted by Crippen LogP contribution is 2.61. The normalized spacial score (nSPS) is 19.3. The molecule has 7 atom stereocenters. The van der Waals surface area contributed by atoms with E-state index >= 15 is 0 Å². The molecule has 0 radical (unpaired) electrons. The van der Waals surface area contributed by atoms with Gasteiger partial charge in [0, 0.05) is 36.3 Å². The van der Waals surface area contributed by atoms with Gasteiger partial charge in [0.15, 0.2) is 17.7 Å². The van der Waals surface area contributed by atoms with E-state index in [4.69, 9.17) is 24.6 Å². The third kappa shape index (κ3) is 25.3. The lowest BCUT2D eigenvalue weighted by Gasteiger charge is -2.30. The summed E-state index contributed by atoms with van der Waals surface area (Å²) in [6.45, 7) is 8.86. The number of carboxylic acids is 1. The molecule has 3 heterocycles. The zero-order valence-corrected chi connectivity index (χ0v) is 44.5. The Hall–Kier alpha value is -2.90. The molecule has 11 N–H and O–H groups in total. The van der Waals surface area contributed by atoms with E-state index in [1.165, 1.54) is 78.1 Å². The van der Waals surface area contributed by atoms with Crippen molar-refractivity contribution in [2.45, 2.75) is 161 Å². The van der Waals surface area contributed by atoms with E-state index in [2.05, 4.69) is 54.8 Å². The van der Waals surface area contributed by atoms with Crippen LogP contribution in [-0.2, 0) is 50.7 Å². The summed E-state index contributed by atoms with van der Waals surface area (Å²) in [4.78, 5) is 86.0. The van der Waals surface area contributed by atoms with E-state index in [-0.39, 0.29) is 35.9 Å². The predicted octanol–water partition coefficient (Wildman–Crippen LogP) is 5.66. The Labute approximate surface area is 419 Å². The number of hydrogen-bond donors (Lipinski definition) is 10. The average Bonchev–Trinajstić information content (AvgIpc) is 3.86. The van der Waals surface area contributed by atoms with Crippen LogP contribution in [0.2, 0.25) is 0 Å². The number of carbonyl (C=O) groups excluding carboxylic acids is 2. The Bertz CT molecular complexity index is 2100. The first-order chi connectivity index (χ1) is 33.3. The summed E-state index contributed by atoms with van der Waals surface area (Å²) < 4.78 is 62.1. The first-order valence-corrected chi connectivity index (χ1v) is 29.4. The fourth-order valence-electron chi connectivity index (χ4n) is 6.87. The zero-order chi connectivity index (χ0) is 53.3. The number of hydrogen-bond acceptors (Lipinski definition) is 18. The number of phosphoric ester groups is 3. The molecule has 0 spiro atoms. The number of imidazole rings is 1. The summed E-state index contributed by atoms with van der Waals surface area (Å²) in [7, 11) is -16.3. The lowest BCUT2D eigenvalue weighted by atomic mass is 9.87. The van der Waals surface area contributed by atoms with Gasteiger partial charge in [0.2, 0.25) is 11.8 Å². The van der Waals surface area contributed by atoms with Gasteiger partial charge in [0.25, 0.3) is 0 Å². The SMILES string of the molecule is C=C(CCCCCCCCCCCC)C(=O)O.CCCCCCSCCNC(=O)CCNC(=O)[C@H](O)C(C)(C)COP(=O)(O)OP(=O)(O)OC[C@H]1O[C@@H](n2cnc3c(N)ncnc32)[C@H](O)[C@@H]1OP(=O)(O)O. The maximum atomic E-state index is 12.7. The molecule has 1 fully saturated rings. The van der Waals surface area contributed by atoms with Gasteiger partial charge in [0.05, 0.1) is 19.5 Å². The Balaban J connectivity index is 0.000000862. The molecule has 0 aliphatic carbocycles. The summed E-state index contributed by atoms with van der Waals surface area (Å²) >= 11 is 1.74. The topological polar surface area (TPSA) is 384 Å². The van der Waals surface area contributed by atoms with E-state index in [1.54, 1.807) is 11.8 Å². The number of aliphatic hydroxyl groups excluding tert-OH is 2. The minimum absolute atomic E-state index is 0.0333. The molecule has 0 bridgehead atoms. The van der Waals surface area contributed by atoms with Crippen LogP contribution >= 0.6 is 35.2 Å². The van der Waals surface area contributed by atoms with Crippen molar-refractivity contribution in [3.8, 4) is 0 Å². The molecule has 1 aliphatic rings. The average molecular weight is 1090 g/mol. The molecule has 29 heteroatoms. The number of anilines is 1. The number of nitrogen functional groups attached to an aromatic ring is 1. The maximum absolute atomic E-state index is 12.7. The predicted molar refractivity (Wildman–Crippen MR) is 264 cm³/mol. The molecule has 2 amide bonds. The number of thioether (sulfide) groups is 1. The molecule has 2 aromatic heterocycles. The summed E-state index contributed by atoms with van der Waals surface area (Å²) in [6, 6.07) is 0. The fourth-order valence-corrected chi connectivity index (χ4v) is 10.6. The van der Waals surface area contributed by atoms with Gasteiger partial charge < -0.3 is 56.0 Å². The molecular weight excluding hydrogens is 1020 g/mol. The molecule has 2 unspecified atom stereocenters. The first kappa shape index (κ1) is 64.2. The second-order valence-corrected chi connectivity index (χ2v) is 23.0. The van der Waals surface area contributed by atoms with Crippen LogP contribution in [0, 0.1) is 5.41 Å². The Kier molecular flexibility index (Phi) is 29.3. The Morgan fingerprint density at radius 1 is 0.859 bits per heavy atom. The van der Waals surface area contributed by atoms with Crippen LogP contribution in [0.3, 0.4) is 0 Å². The van der Waals surface area contributed by atoms with E-state index < -0.39 is 84.6 Å². The number of ether oxygens (including phenoxy) is 1.